The average molecular weight is 442 g/mol. The Bertz CT molecular complexity index is 869. The van der Waals surface area contributed by atoms with Gasteiger partial charge in [-0.05, 0) is 49.2 Å². The molecule has 0 saturated carbocycles. The highest BCUT2D eigenvalue weighted by Crippen LogP contribution is 2.26. The molecule has 0 bridgehead atoms. The number of likely N-dealkylation sites (tertiary alicyclic amines) is 1. The molecule has 1 aromatic heterocycles. The minimum atomic E-state index is 0.792. The van der Waals surface area contributed by atoms with Crippen molar-refractivity contribution in [2.75, 3.05) is 13.1 Å². The molecule has 1 aliphatic rings. The molecular weight excluding hydrogens is 418 g/mol. The zero-order chi connectivity index (χ0) is 18.5. The predicted octanol–water partition coefficient (Wildman–Crippen LogP) is 5.46. The van der Waals surface area contributed by atoms with Crippen LogP contribution in [0.15, 0.2) is 58.4 Å². The second-order valence-corrected chi connectivity index (χ2v) is 8.83. The van der Waals surface area contributed by atoms with Crippen LogP contribution >= 0.6 is 27.3 Å². The quantitative estimate of drug-likeness (QED) is 0.527. The Morgan fingerprint density at radius 2 is 1.78 bits per heavy atom. The second-order valence-electron chi connectivity index (χ2n) is 7.06. The molecule has 140 valence electrons. The molecule has 0 atom stereocenters. The van der Waals surface area contributed by atoms with Gasteiger partial charge in [-0.3, -0.25) is 4.90 Å². The highest BCUT2D eigenvalue weighted by Gasteiger charge is 2.11. The van der Waals surface area contributed by atoms with Crippen molar-refractivity contribution in [3.05, 3.63) is 75.2 Å². The van der Waals surface area contributed by atoms with E-state index in [4.69, 9.17) is 4.98 Å². The lowest BCUT2D eigenvalue weighted by atomic mass is 10.1. The minimum absolute atomic E-state index is 0.792. The summed E-state index contributed by atoms with van der Waals surface area (Å²) in [4.78, 5) is 7.29. The van der Waals surface area contributed by atoms with Crippen LogP contribution in [-0.2, 0) is 19.6 Å². The Morgan fingerprint density at radius 1 is 1.00 bits per heavy atom. The Hall–Kier alpha value is -1.53. The molecule has 1 fully saturated rings. The third-order valence-corrected chi connectivity index (χ3v) is 6.32. The molecule has 5 heteroatoms. The summed E-state index contributed by atoms with van der Waals surface area (Å²) in [5.41, 5.74) is 5.00. The lowest BCUT2D eigenvalue weighted by molar-refractivity contribution is 0.331. The molecule has 1 N–H and O–H groups in total. The highest BCUT2D eigenvalue weighted by atomic mass is 79.9. The molecule has 2 heterocycles. The molecular formula is C22H24BrN3S. The van der Waals surface area contributed by atoms with Gasteiger partial charge in [0.1, 0.15) is 5.01 Å². The van der Waals surface area contributed by atoms with Crippen LogP contribution < -0.4 is 5.32 Å². The lowest BCUT2D eigenvalue weighted by Gasteiger charge is -2.14. The predicted molar refractivity (Wildman–Crippen MR) is 117 cm³/mol. The van der Waals surface area contributed by atoms with Crippen molar-refractivity contribution in [2.45, 2.75) is 32.5 Å². The van der Waals surface area contributed by atoms with Gasteiger partial charge < -0.3 is 5.32 Å². The molecule has 0 radical (unpaired) electrons. The summed E-state index contributed by atoms with van der Waals surface area (Å²) in [6.45, 7) is 5.25. The van der Waals surface area contributed by atoms with E-state index in [0.29, 0.717) is 0 Å². The Kier molecular flexibility index (Phi) is 6.35. The van der Waals surface area contributed by atoms with Gasteiger partial charge in [0, 0.05) is 35.1 Å². The fourth-order valence-corrected chi connectivity index (χ4v) is 4.65. The Morgan fingerprint density at radius 3 is 2.56 bits per heavy atom. The fraction of sp³-hybridized carbons (Fsp3) is 0.318. The van der Waals surface area contributed by atoms with E-state index in [9.17, 15) is 0 Å². The van der Waals surface area contributed by atoms with Gasteiger partial charge in [-0.15, -0.1) is 11.3 Å². The number of nitrogens with one attached hydrogen (secondary N) is 1. The van der Waals surface area contributed by atoms with Gasteiger partial charge in [0.2, 0.25) is 0 Å². The van der Waals surface area contributed by atoms with Crippen LogP contribution in [0.2, 0.25) is 0 Å². The number of rotatable bonds is 7. The molecule has 3 aromatic rings. The number of hydrogen-bond donors (Lipinski definition) is 1. The summed E-state index contributed by atoms with van der Waals surface area (Å²) in [7, 11) is 0. The van der Waals surface area contributed by atoms with E-state index in [1.54, 1.807) is 11.3 Å². The number of halogens is 1. The Labute approximate surface area is 173 Å². The van der Waals surface area contributed by atoms with Crippen molar-refractivity contribution < 1.29 is 0 Å². The number of aromatic nitrogens is 1. The third-order valence-electron chi connectivity index (χ3n) is 4.89. The average Bonchev–Trinajstić information content (AvgIpc) is 3.35. The standard InChI is InChI=1S/C22H24BrN3S/c23-20-5-3-4-19(12-20)22-25-21(16-27-22)14-24-13-17-6-8-18(9-7-17)15-26-10-1-2-11-26/h3-9,12,16,24H,1-2,10-11,13-15H2. The second kappa shape index (κ2) is 9.11. The van der Waals surface area contributed by atoms with Crippen molar-refractivity contribution in [1.82, 2.24) is 15.2 Å². The number of benzene rings is 2. The number of hydrogen-bond acceptors (Lipinski definition) is 4. The van der Waals surface area contributed by atoms with Crippen molar-refractivity contribution >= 4 is 27.3 Å². The first kappa shape index (κ1) is 18.8. The van der Waals surface area contributed by atoms with Gasteiger partial charge in [0.25, 0.3) is 0 Å². The first-order chi connectivity index (χ1) is 13.3. The van der Waals surface area contributed by atoms with Gasteiger partial charge in [0.15, 0.2) is 0 Å². The van der Waals surface area contributed by atoms with E-state index < -0.39 is 0 Å². The zero-order valence-corrected chi connectivity index (χ0v) is 17.7. The minimum Gasteiger partial charge on any atom is -0.307 e. The molecule has 0 unspecified atom stereocenters. The van der Waals surface area contributed by atoms with Crippen LogP contribution in [0, 0.1) is 0 Å². The maximum Gasteiger partial charge on any atom is 0.123 e. The molecule has 0 aliphatic carbocycles. The van der Waals surface area contributed by atoms with E-state index in [1.165, 1.54) is 37.1 Å². The first-order valence-corrected chi connectivity index (χ1v) is 11.1. The summed E-state index contributed by atoms with van der Waals surface area (Å²) in [6, 6.07) is 17.3. The summed E-state index contributed by atoms with van der Waals surface area (Å²) in [5, 5.41) is 6.72. The molecule has 1 saturated heterocycles. The van der Waals surface area contributed by atoms with E-state index >= 15 is 0 Å². The molecule has 0 spiro atoms. The summed E-state index contributed by atoms with van der Waals surface area (Å²) in [6.07, 6.45) is 2.70. The maximum atomic E-state index is 4.75. The summed E-state index contributed by atoms with van der Waals surface area (Å²) < 4.78 is 1.09. The van der Waals surface area contributed by atoms with E-state index in [0.717, 1.165) is 40.4 Å². The van der Waals surface area contributed by atoms with Gasteiger partial charge >= 0.3 is 0 Å². The van der Waals surface area contributed by atoms with Gasteiger partial charge in [-0.1, -0.05) is 52.3 Å². The number of thiazole rings is 1. The largest absolute Gasteiger partial charge is 0.307 e. The van der Waals surface area contributed by atoms with E-state index in [1.807, 2.05) is 12.1 Å². The highest BCUT2D eigenvalue weighted by molar-refractivity contribution is 9.10. The Balaban J connectivity index is 1.27. The van der Waals surface area contributed by atoms with Crippen molar-refractivity contribution in [3.63, 3.8) is 0 Å². The van der Waals surface area contributed by atoms with Crippen molar-refractivity contribution in [3.8, 4) is 10.6 Å². The molecule has 2 aromatic carbocycles. The van der Waals surface area contributed by atoms with Crippen LogP contribution in [0.3, 0.4) is 0 Å². The van der Waals surface area contributed by atoms with Crippen LogP contribution in [0.4, 0.5) is 0 Å². The third kappa shape index (κ3) is 5.26. The normalized spacial score (nSPS) is 14.7. The smallest absolute Gasteiger partial charge is 0.123 e. The summed E-state index contributed by atoms with van der Waals surface area (Å²) in [5.74, 6) is 0. The molecule has 4 rings (SSSR count). The molecule has 1 aliphatic heterocycles. The van der Waals surface area contributed by atoms with Crippen LogP contribution in [0.25, 0.3) is 10.6 Å². The van der Waals surface area contributed by atoms with Crippen LogP contribution in [0.1, 0.15) is 29.7 Å². The molecule has 27 heavy (non-hydrogen) atoms. The fourth-order valence-electron chi connectivity index (χ4n) is 3.44. The van der Waals surface area contributed by atoms with E-state index in [2.05, 4.69) is 67.9 Å². The maximum absolute atomic E-state index is 4.75. The van der Waals surface area contributed by atoms with Gasteiger partial charge in [-0.25, -0.2) is 4.98 Å². The van der Waals surface area contributed by atoms with Gasteiger partial charge in [0.05, 0.1) is 5.69 Å². The van der Waals surface area contributed by atoms with Crippen LogP contribution in [-0.4, -0.2) is 23.0 Å². The lowest BCUT2D eigenvalue weighted by Crippen LogP contribution is -2.18. The first-order valence-electron chi connectivity index (χ1n) is 9.47. The molecule has 0 amide bonds. The SMILES string of the molecule is Brc1cccc(-c2nc(CNCc3ccc(CN4CCCC4)cc3)cs2)c1. The monoisotopic (exact) mass is 441 g/mol. The zero-order valence-electron chi connectivity index (χ0n) is 15.3. The topological polar surface area (TPSA) is 28.2 Å². The van der Waals surface area contributed by atoms with Crippen LogP contribution in [0.5, 0.6) is 0 Å². The van der Waals surface area contributed by atoms with Crippen molar-refractivity contribution in [2.24, 2.45) is 0 Å². The van der Waals surface area contributed by atoms with E-state index in [-0.39, 0.29) is 0 Å². The number of nitrogens with zero attached hydrogens (tertiary/aromatic N) is 2. The summed E-state index contributed by atoms with van der Waals surface area (Å²) >= 11 is 5.22. The van der Waals surface area contributed by atoms with Gasteiger partial charge in [-0.2, -0.15) is 0 Å². The van der Waals surface area contributed by atoms with Crippen molar-refractivity contribution in [1.29, 1.82) is 0 Å². The molecule has 3 nitrogen and oxygen atoms in total.